The van der Waals surface area contributed by atoms with Crippen LogP contribution in [-0.4, -0.2) is 18.4 Å². The van der Waals surface area contributed by atoms with Crippen molar-refractivity contribution < 1.29 is 13.2 Å². The zero-order valence-corrected chi connectivity index (χ0v) is 5.24. The first-order chi connectivity index (χ1) is 3.98. The lowest BCUT2D eigenvalue weighted by molar-refractivity contribution is -0.142. The van der Waals surface area contributed by atoms with E-state index in [-0.39, 0.29) is 0 Å². The van der Waals surface area contributed by atoms with E-state index < -0.39 is 12.2 Å². The standard InChI is InChI=1S/C5H8F3N/c1-3-9-4(2)5(6,7)8/h3-4H,1-2H3. The van der Waals surface area contributed by atoms with Crippen LogP contribution in [0.4, 0.5) is 13.2 Å². The summed E-state index contributed by atoms with van der Waals surface area (Å²) >= 11 is 0. The number of rotatable bonds is 1. The van der Waals surface area contributed by atoms with Gasteiger partial charge in [0.2, 0.25) is 0 Å². The first-order valence-corrected chi connectivity index (χ1v) is 2.53. The molecule has 0 saturated heterocycles. The van der Waals surface area contributed by atoms with Gasteiger partial charge in [-0.15, -0.1) is 0 Å². The van der Waals surface area contributed by atoms with Crippen molar-refractivity contribution in [1.29, 1.82) is 0 Å². The molecule has 0 bridgehead atoms. The second kappa shape index (κ2) is 2.85. The summed E-state index contributed by atoms with van der Waals surface area (Å²) in [5.41, 5.74) is 0. The molecule has 0 N–H and O–H groups in total. The van der Waals surface area contributed by atoms with Crippen molar-refractivity contribution in [3.8, 4) is 0 Å². The summed E-state index contributed by atoms with van der Waals surface area (Å²) in [5, 5.41) is 0. The number of halogens is 3. The Bertz CT molecular complexity index is 105. The molecule has 0 saturated carbocycles. The van der Waals surface area contributed by atoms with Gasteiger partial charge >= 0.3 is 6.18 Å². The average Bonchev–Trinajstić information content (AvgIpc) is 1.64. The maximum atomic E-state index is 11.5. The van der Waals surface area contributed by atoms with Crippen molar-refractivity contribution in [3.63, 3.8) is 0 Å². The topological polar surface area (TPSA) is 12.4 Å². The Hall–Kier alpha value is -0.540. The predicted octanol–water partition coefficient (Wildman–Crippen LogP) is 2.03. The van der Waals surface area contributed by atoms with Crippen LogP contribution < -0.4 is 0 Å². The molecule has 0 aromatic heterocycles. The van der Waals surface area contributed by atoms with Crippen molar-refractivity contribution in [2.24, 2.45) is 4.99 Å². The zero-order valence-electron chi connectivity index (χ0n) is 5.24. The minimum atomic E-state index is -4.19. The van der Waals surface area contributed by atoms with E-state index in [1.807, 2.05) is 0 Å². The van der Waals surface area contributed by atoms with Gasteiger partial charge in [0.25, 0.3) is 0 Å². The minimum Gasteiger partial charge on any atom is -0.285 e. The quantitative estimate of drug-likeness (QED) is 0.493. The molecule has 4 heteroatoms. The van der Waals surface area contributed by atoms with Crippen LogP contribution in [0.3, 0.4) is 0 Å². The summed E-state index contributed by atoms with van der Waals surface area (Å²) < 4.78 is 34.6. The van der Waals surface area contributed by atoms with Crippen LogP contribution in [0.1, 0.15) is 13.8 Å². The van der Waals surface area contributed by atoms with Crippen LogP contribution in [0.5, 0.6) is 0 Å². The zero-order chi connectivity index (χ0) is 7.49. The summed E-state index contributed by atoms with van der Waals surface area (Å²) in [6, 6.07) is -1.57. The van der Waals surface area contributed by atoms with Gasteiger partial charge in [-0.1, -0.05) is 0 Å². The molecular weight excluding hydrogens is 131 g/mol. The van der Waals surface area contributed by atoms with E-state index in [0.29, 0.717) is 0 Å². The van der Waals surface area contributed by atoms with Crippen molar-refractivity contribution in [2.75, 3.05) is 0 Å². The van der Waals surface area contributed by atoms with Crippen LogP contribution in [0.2, 0.25) is 0 Å². The largest absolute Gasteiger partial charge is 0.410 e. The molecule has 1 atom stereocenters. The molecule has 0 fully saturated rings. The van der Waals surface area contributed by atoms with E-state index in [1.54, 1.807) is 0 Å². The molecule has 0 aliphatic rings. The SMILES string of the molecule is CC=NC(C)C(F)(F)F. The monoisotopic (exact) mass is 139 g/mol. The number of hydrogen-bond acceptors (Lipinski definition) is 1. The van der Waals surface area contributed by atoms with Gasteiger partial charge in [-0.3, -0.25) is 4.99 Å². The summed E-state index contributed by atoms with van der Waals surface area (Å²) in [5.74, 6) is 0. The van der Waals surface area contributed by atoms with E-state index in [0.717, 1.165) is 13.1 Å². The Morgan fingerprint density at radius 3 is 2.00 bits per heavy atom. The first kappa shape index (κ1) is 8.46. The maximum absolute atomic E-state index is 11.5. The van der Waals surface area contributed by atoms with E-state index in [4.69, 9.17) is 0 Å². The Balaban J connectivity index is 3.88. The van der Waals surface area contributed by atoms with Gasteiger partial charge in [0, 0.05) is 0 Å². The summed E-state index contributed by atoms with van der Waals surface area (Å²) in [4.78, 5) is 3.15. The van der Waals surface area contributed by atoms with E-state index in [1.165, 1.54) is 6.92 Å². The molecule has 0 aliphatic carbocycles. The number of alkyl halides is 3. The molecule has 1 nitrogen and oxygen atoms in total. The lowest BCUT2D eigenvalue weighted by Crippen LogP contribution is -2.23. The second-order valence-corrected chi connectivity index (χ2v) is 1.62. The highest BCUT2D eigenvalue weighted by atomic mass is 19.4. The summed E-state index contributed by atoms with van der Waals surface area (Å²) in [7, 11) is 0. The highest BCUT2D eigenvalue weighted by Crippen LogP contribution is 2.21. The molecule has 0 heterocycles. The van der Waals surface area contributed by atoms with Gasteiger partial charge in [0.15, 0.2) is 0 Å². The molecule has 0 aromatic carbocycles. The number of aliphatic imine (C=N–C) groups is 1. The van der Waals surface area contributed by atoms with Gasteiger partial charge in [0.05, 0.1) is 0 Å². The fraction of sp³-hybridized carbons (Fsp3) is 0.800. The van der Waals surface area contributed by atoms with Crippen LogP contribution in [-0.2, 0) is 0 Å². The van der Waals surface area contributed by atoms with Gasteiger partial charge in [-0.2, -0.15) is 13.2 Å². The Kier molecular flexibility index (Phi) is 2.67. The lowest BCUT2D eigenvalue weighted by Gasteiger charge is -2.09. The predicted molar refractivity (Wildman–Crippen MR) is 29.7 cm³/mol. The summed E-state index contributed by atoms with van der Waals surface area (Å²) in [6.07, 6.45) is -3.04. The minimum absolute atomic E-state index is 1.01. The van der Waals surface area contributed by atoms with E-state index >= 15 is 0 Å². The molecule has 0 radical (unpaired) electrons. The molecule has 0 amide bonds. The van der Waals surface area contributed by atoms with E-state index in [9.17, 15) is 13.2 Å². The highest BCUT2D eigenvalue weighted by molar-refractivity contribution is 5.53. The normalized spacial score (nSPS) is 16.6. The Labute approximate surface area is 51.6 Å². The third-order valence-corrected chi connectivity index (χ3v) is 0.846. The molecule has 1 unspecified atom stereocenters. The van der Waals surface area contributed by atoms with Gasteiger partial charge in [0.1, 0.15) is 6.04 Å². The van der Waals surface area contributed by atoms with Crippen LogP contribution in [0.25, 0.3) is 0 Å². The molecule has 0 aliphatic heterocycles. The molecule has 0 rings (SSSR count). The summed E-state index contributed by atoms with van der Waals surface area (Å²) in [6.45, 7) is 2.47. The Morgan fingerprint density at radius 2 is 1.89 bits per heavy atom. The first-order valence-electron chi connectivity index (χ1n) is 2.53. The van der Waals surface area contributed by atoms with Crippen LogP contribution in [0.15, 0.2) is 4.99 Å². The van der Waals surface area contributed by atoms with Gasteiger partial charge in [-0.25, -0.2) is 0 Å². The van der Waals surface area contributed by atoms with Crippen LogP contribution in [0, 0.1) is 0 Å². The maximum Gasteiger partial charge on any atom is 0.410 e. The number of nitrogens with zero attached hydrogens (tertiary/aromatic N) is 1. The fourth-order valence-electron chi connectivity index (χ4n) is 0.308. The van der Waals surface area contributed by atoms with Gasteiger partial charge in [-0.05, 0) is 20.1 Å². The van der Waals surface area contributed by atoms with Gasteiger partial charge < -0.3 is 0 Å². The van der Waals surface area contributed by atoms with E-state index in [2.05, 4.69) is 4.99 Å². The molecule has 54 valence electrons. The molecular formula is C5H8F3N. The smallest absolute Gasteiger partial charge is 0.285 e. The fourth-order valence-corrected chi connectivity index (χ4v) is 0.308. The van der Waals surface area contributed by atoms with Crippen molar-refractivity contribution in [1.82, 2.24) is 0 Å². The van der Waals surface area contributed by atoms with Crippen molar-refractivity contribution in [2.45, 2.75) is 26.1 Å². The highest BCUT2D eigenvalue weighted by Gasteiger charge is 2.35. The third-order valence-electron chi connectivity index (χ3n) is 0.846. The lowest BCUT2D eigenvalue weighted by atomic mass is 10.3. The number of hydrogen-bond donors (Lipinski definition) is 0. The molecule has 0 aromatic rings. The molecule has 0 spiro atoms. The molecule has 9 heavy (non-hydrogen) atoms. The Morgan fingerprint density at radius 1 is 1.44 bits per heavy atom. The van der Waals surface area contributed by atoms with Crippen LogP contribution >= 0.6 is 0 Å². The second-order valence-electron chi connectivity index (χ2n) is 1.62. The van der Waals surface area contributed by atoms with Crippen molar-refractivity contribution >= 4 is 6.21 Å². The third kappa shape index (κ3) is 3.11. The van der Waals surface area contributed by atoms with Crippen molar-refractivity contribution in [3.05, 3.63) is 0 Å². The average molecular weight is 139 g/mol.